The first-order valence-electron chi connectivity index (χ1n) is 11.7. The minimum atomic E-state index is -0.655. The molecule has 1 heterocycles. The Kier molecular flexibility index (Phi) is 12.6. The van der Waals surface area contributed by atoms with Crippen LogP contribution in [0.4, 0.5) is 5.69 Å². The lowest BCUT2D eigenvalue weighted by Crippen LogP contribution is -2.23. The fourth-order valence-electron chi connectivity index (χ4n) is 3.02. The number of carbonyl (C=O) groups is 2. The molecule has 4 nitrogen and oxygen atoms in total. The fraction of sp³-hybridized carbons (Fsp3) is 0.241. The predicted molar refractivity (Wildman–Crippen MR) is 142 cm³/mol. The molecule has 0 radical (unpaired) electrons. The van der Waals surface area contributed by atoms with Crippen LogP contribution < -0.4 is 5.32 Å². The molecule has 33 heavy (non-hydrogen) atoms. The van der Waals surface area contributed by atoms with Gasteiger partial charge in [-0.2, -0.15) is 0 Å². The van der Waals surface area contributed by atoms with Gasteiger partial charge in [-0.25, -0.2) is 0 Å². The maximum absolute atomic E-state index is 12.6. The molecule has 0 atom stereocenters. The summed E-state index contributed by atoms with van der Waals surface area (Å²) in [6.45, 7) is 12.2. The SMILES string of the molecule is CC.CC.CCC.O=C(Nc1ccccc1-c1ccccc1)C(=O)c1c[nH]c2ccccc12. The van der Waals surface area contributed by atoms with Gasteiger partial charge in [-0.15, -0.1) is 0 Å². The van der Waals surface area contributed by atoms with Crippen LogP contribution in [0.15, 0.2) is 85.1 Å². The summed E-state index contributed by atoms with van der Waals surface area (Å²) in [5.41, 5.74) is 3.65. The molecular weight excluding hydrogens is 408 g/mol. The van der Waals surface area contributed by atoms with Gasteiger partial charge in [-0.3, -0.25) is 9.59 Å². The van der Waals surface area contributed by atoms with Crippen molar-refractivity contribution in [2.24, 2.45) is 0 Å². The average molecular weight is 445 g/mol. The molecule has 0 aliphatic carbocycles. The van der Waals surface area contributed by atoms with Gasteiger partial charge in [0.15, 0.2) is 0 Å². The molecule has 0 saturated carbocycles. The second-order valence-electron chi connectivity index (χ2n) is 6.65. The Morgan fingerprint density at radius 3 is 1.97 bits per heavy atom. The third kappa shape index (κ3) is 7.46. The molecule has 4 rings (SSSR count). The lowest BCUT2D eigenvalue weighted by Gasteiger charge is -2.10. The smallest absolute Gasteiger partial charge is 0.296 e. The maximum Gasteiger partial charge on any atom is 0.296 e. The third-order valence-corrected chi connectivity index (χ3v) is 4.30. The number of nitrogens with one attached hydrogen (secondary N) is 2. The molecular formula is C29H36N2O2. The highest BCUT2D eigenvalue weighted by Gasteiger charge is 2.20. The molecule has 1 aromatic heterocycles. The van der Waals surface area contributed by atoms with Gasteiger partial charge < -0.3 is 10.3 Å². The van der Waals surface area contributed by atoms with E-state index in [0.29, 0.717) is 11.3 Å². The Labute approximate surface area is 198 Å². The zero-order chi connectivity index (χ0) is 24.6. The molecule has 1 amide bonds. The van der Waals surface area contributed by atoms with Crippen LogP contribution in [-0.2, 0) is 4.79 Å². The average Bonchev–Trinajstić information content (AvgIpc) is 3.31. The van der Waals surface area contributed by atoms with Crippen molar-refractivity contribution in [1.82, 2.24) is 4.98 Å². The van der Waals surface area contributed by atoms with Crippen molar-refractivity contribution in [3.05, 3.63) is 90.6 Å². The first-order valence-corrected chi connectivity index (χ1v) is 11.7. The summed E-state index contributed by atoms with van der Waals surface area (Å²) in [4.78, 5) is 28.2. The van der Waals surface area contributed by atoms with Gasteiger partial charge in [0.05, 0.1) is 5.56 Å². The molecule has 0 bridgehead atoms. The number of ketones is 1. The van der Waals surface area contributed by atoms with E-state index in [-0.39, 0.29) is 0 Å². The van der Waals surface area contributed by atoms with Crippen LogP contribution in [0.25, 0.3) is 22.0 Å². The van der Waals surface area contributed by atoms with Gasteiger partial charge in [-0.05, 0) is 17.7 Å². The molecule has 2 N–H and O–H groups in total. The van der Waals surface area contributed by atoms with Crippen LogP contribution in [0.1, 0.15) is 58.3 Å². The van der Waals surface area contributed by atoms with Crippen LogP contribution in [0.2, 0.25) is 0 Å². The molecule has 3 aromatic carbocycles. The number of fused-ring (bicyclic) bond motifs is 1. The van der Waals surface area contributed by atoms with Crippen LogP contribution in [0.5, 0.6) is 0 Å². The topological polar surface area (TPSA) is 62.0 Å². The summed E-state index contributed by atoms with van der Waals surface area (Å²) in [5, 5.41) is 3.50. The van der Waals surface area contributed by atoms with Gasteiger partial charge in [0.1, 0.15) is 0 Å². The van der Waals surface area contributed by atoms with Crippen molar-refractivity contribution in [3.8, 4) is 11.1 Å². The molecule has 4 heteroatoms. The largest absolute Gasteiger partial charge is 0.360 e. The number of aromatic amines is 1. The monoisotopic (exact) mass is 444 g/mol. The number of para-hydroxylation sites is 2. The number of rotatable bonds is 4. The number of amides is 1. The second-order valence-corrected chi connectivity index (χ2v) is 6.65. The molecule has 0 aliphatic heterocycles. The second kappa shape index (κ2) is 15.2. The summed E-state index contributed by atoms with van der Waals surface area (Å²) in [7, 11) is 0. The Morgan fingerprint density at radius 2 is 1.30 bits per heavy atom. The van der Waals surface area contributed by atoms with E-state index in [9.17, 15) is 9.59 Å². The van der Waals surface area contributed by atoms with Crippen LogP contribution in [-0.4, -0.2) is 16.7 Å². The van der Waals surface area contributed by atoms with E-state index >= 15 is 0 Å². The number of aromatic nitrogens is 1. The molecule has 4 aromatic rings. The number of anilines is 1. The molecule has 0 fully saturated rings. The number of benzene rings is 3. The molecule has 0 aliphatic rings. The summed E-state index contributed by atoms with van der Waals surface area (Å²) in [6.07, 6.45) is 2.83. The van der Waals surface area contributed by atoms with E-state index in [2.05, 4.69) is 24.1 Å². The van der Waals surface area contributed by atoms with Crippen molar-refractivity contribution in [2.45, 2.75) is 48.0 Å². The van der Waals surface area contributed by atoms with Crippen molar-refractivity contribution >= 4 is 28.3 Å². The third-order valence-electron chi connectivity index (χ3n) is 4.30. The fourth-order valence-corrected chi connectivity index (χ4v) is 3.02. The van der Waals surface area contributed by atoms with Gasteiger partial charge in [0.25, 0.3) is 11.7 Å². The number of hydrogen-bond acceptors (Lipinski definition) is 2. The lowest BCUT2D eigenvalue weighted by molar-refractivity contribution is -0.112. The standard InChI is InChI=1S/C22H16N2O2.C3H8.2C2H6/c25-21(18-14-23-19-12-6-5-11-17(18)19)22(26)24-20-13-7-4-10-16(20)15-8-2-1-3-9-15;1-3-2;2*1-2/h1-14,23H,(H,24,26);3H2,1-2H3;2*1-2H3. The maximum atomic E-state index is 12.6. The normalized spacial score (nSPS) is 9.27. The first-order chi connectivity index (χ1) is 16.2. The summed E-state index contributed by atoms with van der Waals surface area (Å²) in [5.74, 6) is -1.22. The Bertz CT molecular complexity index is 1110. The Balaban J connectivity index is 0.000000705. The molecule has 0 saturated heterocycles. The number of hydrogen-bond donors (Lipinski definition) is 2. The minimum Gasteiger partial charge on any atom is -0.360 e. The van der Waals surface area contributed by atoms with Gasteiger partial charge in [-0.1, -0.05) is 115 Å². The summed E-state index contributed by atoms with van der Waals surface area (Å²) < 4.78 is 0. The molecule has 174 valence electrons. The Hall–Kier alpha value is -3.66. The number of carbonyl (C=O) groups excluding carboxylic acids is 2. The van der Waals surface area contributed by atoms with Crippen molar-refractivity contribution < 1.29 is 9.59 Å². The summed E-state index contributed by atoms with van der Waals surface area (Å²) in [6, 6.07) is 24.6. The van der Waals surface area contributed by atoms with Crippen LogP contribution >= 0.6 is 0 Å². The van der Waals surface area contributed by atoms with Crippen LogP contribution in [0.3, 0.4) is 0 Å². The van der Waals surface area contributed by atoms with Crippen LogP contribution in [0, 0.1) is 0 Å². The van der Waals surface area contributed by atoms with Gasteiger partial charge in [0.2, 0.25) is 0 Å². The zero-order valence-electron chi connectivity index (χ0n) is 20.6. The van der Waals surface area contributed by atoms with E-state index in [1.165, 1.54) is 6.42 Å². The quantitative estimate of drug-likeness (QED) is 0.246. The van der Waals surface area contributed by atoms with Gasteiger partial charge in [0, 0.05) is 28.4 Å². The zero-order valence-corrected chi connectivity index (χ0v) is 20.6. The van der Waals surface area contributed by atoms with E-state index in [0.717, 1.165) is 22.0 Å². The van der Waals surface area contributed by atoms with Crippen molar-refractivity contribution in [3.63, 3.8) is 0 Å². The minimum absolute atomic E-state index is 0.371. The van der Waals surface area contributed by atoms with E-state index in [1.807, 2.05) is 100 Å². The van der Waals surface area contributed by atoms with E-state index < -0.39 is 11.7 Å². The predicted octanol–water partition coefficient (Wildman–Crippen LogP) is 8.13. The number of Topliss-reactive ketones (excluding diaryl/α,β-unsaturated/α-hetero) is 1. The highest BCUT2D eigenvalue weighted by atomic mass is 16.2. The molecule has 0 spiro atoms. The lowest BCUT2D eigenvalue weighted by atomic mass is 10.0. The highest BCUT2D eigenvalue weighted by Crippen LogP contribution is 2.28. The van der Waals surface area contributed by atoms with E-state index in [4.69, 9.17) is 0 Å². The van der Waals surface area contributed by atoms with Crippen molar-refractivity contribution in [2.75, 3.05) is 5.32 Å². The Morgan fingerprint density at radius 1 is 0.758 bits per heavy atom. The number of H-pyrrole nitrogens is 1. The van der Waals surface area contributed by atoms with Gasteiger partial charge >= 0.3 is 0 Å². The van der Waals surface area contributed by atoms with Crippen molar-refractivity contribution in [1.29, 1.82) is 0 Å². The summed E-state index contributed by atoms with van der Waals surface area (Å²) >= 11 is 0. The molecule has 0 unspecified atom stereocenters. The highest BCUT2D eigenvalue weighted by molar-refractivity contribution is 6.48. The first kappa shape index (κ1) is 27.4. The van der Waals surface area contributed by atoms with E-state index in [1.54, 1.807) is 12.3 Å².